The lowest BCUT2D eigenvalue weighted by molar-refractivity contribution is -0.0770. The minimum Gasteiger partial charge on any atom is -0.206 e. The maximum Gasteiger partial charge on any atom is 0.255 e. The first-order valence-electron chi connectivity index (χ1n) is 10.9. The summed E-state index contributed by atoms with van der Waals surface area (Å²) in [5.74, 6) is 4.00. The molecule has 0 bridgehead atoms. The van der Waals surface area contributed by atoms with E-state index in [0.717, 1.165) is 32.1 Å². The minimum atomic E-state index is -2.65. The fourth-order valence-electron chi connectivity index (χ4n) is 4.44. The van der Waals surface area contributed by atoms with Crippen LogP contribution in [0, 0.1) is 35.5 Å². The molecule has 3 rings (SSSR count). The fraction of sp³-hybridized carbons (Fsp3) is 0.481. The lowest BCUT2D eigenvalue weighted by Gasteiger charge is -2.32. The van der Waals surface area contributed by atoms with Gasteiger partial charge in [0.25, 0.3) is 5.92 Å². The molecule has 0 spiro atoms. The minimum absolute atomic E-state index is 0.110. The molecule has 0 aromatic heterocycles. The van der Waals surface area contributed by atoms with E-state index in [-0.39, 0.29) is 12.3 Å². The van der Waals surface area contributed by atoms with Gasteiger partial charge in [0.2, 0.25) is 0 Å². The van der Waals surface area contributed by atoms with Crippen LogP contribution in [0.1, 0.15) is 63.0 Å². The van der Waals surface area contributed by atoms with Crippen LogP contribution in [0.15, 0.2) is 49.1 Å². The van der Waals surface area contributed by atoms with Gasteiger partial charge in [0.1, 0.15) is 0 Å². The summed E-state index contributed by atoms with van der Waals surface area (Å²) >= 11 is 0. The largest absolute Gasteiger partial charge is 0.255 e. The van der Waals surface area contributed by atoms with Gasteiger partial charge in [-0.1, -0.05) is 66.5 Å². The van der Waals surface area contributed by atoms with E-state index < -0.39 is 11.8 Å². The van der Waals surface area contributed by atoms with Gasteiger partial charge in [-0.15, -0.1) is 6.58 Å². The molecule has 2 saturated carbocycles. The first-order chi connectivity index (χ1) is 14.0. The predicted molar refractivity (Wildman–Crippen MR) is 119 cm³/mol. The van der Waals surface area contributed by atoms with Gasteiger partial charge in [-0.05, 0) is 62.5 Å². The molecule has 0 amide bonds. The Kier molecular flexibility index (Phi) is 7.48. The number of rotatable bonds is 4. The normalized spacial score (nSPS) is 29.5. The van der Waals surface area contributed by atoms with Crippen molar-refractivity contribution >= 4 is 12.2 Å². The first kappa shape index (κ1) is 21.6. The molecule has 2 fully saturated rings. The number of hydrogen-bond acceptors (Lipinski definition) is 0. The van der Waals surface area contributed by atoms with Crippen LogP contribution in [0.25, 0.3) is 12.2 Å². The Morgan fingerprint density at radius 3 is 2.07 bits per heavy atom. The van der Waals surface area contributed by atoms with E-state index in [1.165, 1.54) is 17.2 Å². The van der Waals surface area contributed by atoms with Crippen molar-refractivity contribution in [2.75, 3.05) is 0 Å². The summed E-state index contributed by atoms with van der Waals surface area (Å²) in [7, 11) is 0. The molecule has 29 heavy (non-hydrogen) atoms. The molecule has 0 aliphatic heterocycles. The van der Waals surface area contributed by atoms with Crippen molar-refractivity contribution in [2.45, 2.75) is 57.8 Å². The van der Waals surface area contributed by atoms with Crippen LogP contribution in [0.2, 0.25) is 0 Å². The average Bonchev–Trinajstić information content (AvgIpc) is 2.72. The number of hydrogen-bond donors (Lipinski definition) is 0. The summed E-state index contributed by atoms with van der Waals surface area (Å²) in [5, 5.41) is 0. The average molecular weight is 395 g/mol. The fourth-order valence-corrected chi connectivity index (χ4v) is 4.44. The standard InChI is InChI=1S/C27H32F2/c1-3-5-21-6-8-22(9-7-21)10-11-23-12-14-24(15-13-23)16-17-25-18-19-26(4-2)27(28,29)20-25/h3-11,23-26H,2,12-15,18-20H2,1H3/b5-3+,11-10+. The zero-order valence-electron chi connectivity index (χ0n) is 17.4. The van der Waals surface area contributed by atoms with Crippen LogP contribution in [-0.4, -0.2) is 5.92 Å². The molecule has 0 saturated heterocycles. The molecular formula is C27H32F2. The highest BCUT2D eigenvalue weighted by Crippen LogP contribution is 2.41. The second kappa shape index (κ2) is 10.1. The Hall–Kier alpha value is -2.14. The molecule has 2 heteroatoms. The van der Waals surface area contributed by atoms with Gasteiger partial charge < -0.3 is 0 Å². The van der Waals surface area contributed by atoms with Crippen molar-refractivity contribution in [1.82, 2.24) is 0 Å². The molecule has 1 aromatic rings. The van der Waals surface area contributed by atoms with Gasteiger partial charge in [-0.25, -0.2) is 8.78 Å². The zero-order valence-corrected chi connectivity index (χ0v) is 17.4. The third kappa shape index (κ3) is 6.17. The number of alkyl halides is 2. The summed E-state index contributed by atoms with van der Waals surface area (Å²) in [4.78, 5) is 0. The van der Waals surface area contributed by atoms with E-state index >= 15 is 0 Å². The van der Waals surface area contributed by atoms with Crippen molar-refractivity contribution in [3.63, 3.8) is 0 Å². The van der Waals surface area contributed by atoms with Gasteiger partial charge in [0, 0.05) is 24.2 Å². The van der Waals surface area contributed by atoms with Crippen LogP contribution in [0.5, 0.6) is 0 Å². The Morgan fingerprint density at radius 1 is 0.897 bits per heavy atom. The molecular weight excluding hydrogens is 362 g/mol. The Balaban J connectivity index is 1.46. The quantitative estimate of drug-likeness (QED) is 0.361. The summed E-state index contributed by atoms with van der Waals surface area (Å²) in [6, 6.07) is 8.58. The second-order valence-electron chi connectivity index (χ2n) is 8.51. The molecule has 2 aliphatic carbocycles. The topological polar surface area (TPSA) is 0 Å². The van der Waals surface area contributed by atoms with Gasteiger partial charge in [-0.3, -0.25) is 0 Å². The van der Waals surface area contributed by atoms with Gasteiger partial charge in [0.05, 0.1) is 0 Å². The summed E-state index contributed by atoms with van der Waals surface area (Å²) < 4.78 is 28.1. The Morgan fingerprint density at radius 2 is 1.48 bits per heavy atom. The van der Waals surface area contributed by atoms with E-state index in [1.54, 1.807) is 0 Å². The maximum absolute atomic E-state index is 14.1. The molecule has 1 aromatic carbocycles. The molecule has 0 heterocycles. The van der Waals surface area contributed by atoms with Gasteiger partial charge in [0.15, 0.2) is 0 Å². The van der Waals surface area contributed by atoms with Crippen LogP contribution >= 0.6 is 0 Å². The molecule has 0 nitrogen and oxygen atoms in total. The molecule has 154 valence electrons. The molecule has 0 radical (unpaired) electrons. The lowest BCUT2D eigenvalue weighted by atomic mass is 9.78. The number of halogens is 2. The molecule has 2 aliphatic rings. The van der Waals surface area contributed by atoms with Crippen molar-refractivity contribution in [3.05, 3.63) is 60.2 Å². The summed E-state index contributed by atoms with van der Waals surface area (Å²) in [6.45, 7) is 5.58. The smallest absolute Gasteiger partial charge is 0.206 e. The van der Waals surface area contributed by atoms with Crippen molar-refractivity contribution in [2.24, 2.45) is 23.7 Å². The second-order valence-corrected chi connectivity index (χ2v) is 8.51. The monoisotopic (exact) mass is 394 g/mol. The molecule has 2 unspecified atom stereocenters. The van der Waals surface area contributed by atoms with Crippen LogP contribution in [0.3, 0.4) is 0 Å². The third-order valence-electron chi connectivity index (χ3n) is 6.29. The van der Waals surface area contributed by atoms with Crippen molar-refractivity contribution in [3.8, 4) is 11.8 Å². The van der Waals surface area contributed by atoms with E-state index in [1.807, 2.05) is 13.0 Å². The predicted octanol–water partition coefficient (Wildman–Crippen LogP) is 7.78. The lowest BCUT2D eigenvalue weighted by Crippen LogP contribution is -2.34. The Labute approximate surface area is 174 Å². The highest BCUT2D eigenvalue weighted by molar-refractivity contribution is 5.55. The van der Waals surface area contributed by atoms with Crippen LogP contribution < -0.4 is 0 Å². The van der Waals surface area contributed by atoms with E-state index in [9.17, 15) is 8.78 Å². The maximum atomic E-state index is 14.1. The first-order valence-corrected chi connectivity index (χ1v) is 10.9. The SMILES string of the molecule is C=CC1CCC(C#CC2CCC(/C=C/c3ccc(/C=C/C)cc3)CC2)CC1(F)F. The van der Waals surface area contributed by atoms with E-state index in [0.29, 0.717) is 18.3 Å². The number of allylic oxidation sites excluding steroid dienone is 3. The van der Waals surface area contributed by atoms with Gasteiger partial charge >= 0.3 is 0 Å². The van der Waals surface area contributed by atoms with Gasteiger partial charge in [-0.2, -0.15) is 0 Å². The Bertz CT molecular complexity index is 780. The van der Waals surface area contributed by atoms with E-state index in [4.69, 9.17) is 0 Å². The van der Waals surface area contributed by atoms with Crippen LogP contribution in [-0.2, 0) is 0 Å². The third-order valence-corrected chi connectivity index (χ3v) is 6.29. The highest BCUT2D eigenvalue weighted by atomic mass is 19.3. The summed E-state index contributed by atoms with van der Waals surface area (Å²) in [6.07, 6.45) is 15.7. The van der Waals surface area contributed by atoms with Crippen molar-refractivity contribution in [1.29, 1.82) is 0 Å². The number of benzene rings is 1. The molecule has 2 atom stereocenters. The molecule has 0 N–H and O–H groups in total. The highest BCUT2D eigenvalue weighted by Gasteiger charge is 2.43. The van der Waals surface area contributed by atoms with Crippen LogP contribution in [0.4, 0.5) is 8.78 Å². The zero-order chi connectivity index (χ0) is 20.7. The van der Waals surface area contributed by atoms with E-state index in [2.05, 4.69) is 60.9 Å². The summed E-state index contributed by atoms with van der Waals surface area (Å²) in [5.41, 5.74) is 2.45. The van der Waals surface area contributed by atoms with Crippen molar-refractivity contribution < 1.29 is 8.78 Å².